The Morgan fingerprint density at radius 1 is 1.50 bits per heavy atom. The van der Waals surface area contributed by atoms with Gasteiger partial charge in [-0.05, 0) is 30.5 Å². The van der Waals surface area contributed by atoms with Gasteiger partial charge in [0.2, 0.25) is 5.91 Å². The predicted molar refractivity (Wildman–Crippen MR) is 94.0 cm³/mol. The van der Waals surface area contributed by atoms with Crippen LogP contribution in [-0.4, -0.2) is 21.5 Å². The standard InChI is InChI=1S/C15H12ClN3OS2/c1-21-11-4-2-3-10(9-11)17-13(20)6-5-12-14(16)18-15-19(12)7-8-22-15/h2-9H,1H3,(H,17,20)/b6-5+. The van der Waals surface area contributed by atoms with Gasteiger partial charge in [0.25, 0.3) is 0 Å². The van der Waals surface area contributed by atoms with Crippen LogP contribution in [0.25, 0.3) is 11.0 Å². The van der Waals surface area contributed by atoms with Crippen molar-refractivity contribution >= 4 is 57.3 Å². The zero-order valence-corrected chi connectivity index (χ0v) is 14.0. The van der Waals surface area contributed by atoms with Gasteiger partial charge in [-0.15, -0.1) is 23.1 Å². The molecular formula is C15H12ClN3OS2. The molecule has 1 amide bonds. The molecule has 0 atom stereocenters. The molecular weight excluding hydrogens is 338 g/mol. The molecule has 4 nitrogen and oxygen atoms in total. The summed E-state index contributed by atoms with van der Waals surface area (Å²) in [5.41, 5.74) is 1.47. The first kappa shape index (κ1) is 15.1. The van der Waals surface area contributed by atoms with Gasteiger partial charge < -0.3 is 5.32 Å². The van der Waals surface area contributed by atoms with Crippen molar-refractivity contribution < 1.29 is 4.79 Å². The van der Waals surface area contributed by atoms with Crippen LogP contribution in [-0.2, 0) is 4.79 Å². The van der Waals surface area contributed by atoms with Crippen molar-refractivity contribution in [3.05, 3.63) is 52.8 Å². The lowest BCUT2D eigenvalue weighted by Gasteiger charge is -2.03. The molecule has 1 N–H and O–H groups in total. The van der Waals surface area contributed by atoms with Crippen LogP contribution in [0.5, 0.6) is 0 Å². The van der Waals surface area contributed by atoms with Crippen LogP contribution in [0.4, 0.5) is 5.69 Å². The van der Waals surface area contributed by atoms with Crippen LogP contribution in [0.15, 0.2) is 46.8 Å². The van der Waals surface area contributed by atoms with Gasteiger partial charge in [-0.3, -0.25) is 9.20 Å². The van der Waals surface area contributed by atoms with E-state index in [9.17, 15) is 4.79 Å². The van der Waals surface area contributed by atoms with Gasteiger partial charge in [0, 0.05) is 28.2 Å². The van der Waals surface area contributed by atoms with Crippen LogP contribution in [0.2, 0.25) is 5.15 Å². The first-order chi connectivity index (χ1) is 10.7. The average Bonchev–Trinajstić information content (AvgIpc) is 3.06. The zero-order valence-electron chi connectivity index (χ0n) is 11.6. The van der Waals surface area contributed by atoms with Gasteiger partial charge >= 0.3 is 0 Å². The van der Waals surface area contributed by atoms with Crippen molar-refractivity contribution in [3.63, 3.8) is 0 Å². The summed E-state index contributed by atoms with van der Waals surface area (Å²) in [6, 6.07) is 7.69. The lowest BCUT2D eigenvalue weighted by molar-refractivity contribution is -0.111. The van der Waals surface area contributed by atoms with Crippen LogP contribution in [0, 0.1) is 0 Å². The molecule has 3 rings (SSSR count). The monoisotopic (exact) mass is 349 g/mol. The summed E-state index contributed by atoms with van der Waals surface area (Å²) in [5.74, 6) is -0.209. The Bertz CT molecular complexity index is 853. The number of amides is 1. The van der Waals surface area contributed by atoms with E-state index in [1.807, 2.05) is 46.5 Å². The average molecular weight is 350 g/mol. The first-order valence-electron chi connectivity index (χ1n) is 6.41. The molecule has 0 saturated carbocycles. The molecule has 112 valence electrons. The second-order valence-corrected chi connectivity index (χ2v) is 6.51. The zero-order chi connectivity index (χ0) is 15.5. The molecule has 22 heavy (non-hydrogen) atoms. The number of aromatic nitrogens is 2. The van der Waals surface area contributed by atoms with Crippen LogP contribution in [0.1, 0.15) is 5.69 Å². The topological polar surface area (TPSA) is 46.4 Å². The summed E-state index contributed by atoms with van der Waals surface area (Å²) in [6.07, 6.45) is 6.99. The van der Waals surface area contributed by atoms with Gasteiger partial charge in [0.1, 0.15) is 0 Å². The summed E-state index contributed by atoms with van der Waals surface area (Å²) >= 11 is 9.20. The maximum absolute atomic E-state index is 12.0. The summed E-state index contributed by atoms with van der Waals surface area (Å²) in [7, 11) is 0. The van der Waals surface area contributed by atoms with E-state index in [0.717, 1.165) is 15.5 Å². The fourth-order valence-corrected chi connectivity index (χ4v) is 3.43. The lowest BCUT2D eigenvalue weighted by atomic mass is 10.3. The Kier molecular flexibility index (Phi) is 4.52. The van der Waals surface area contributed by atoms with E-state index in [0.29, 0.717) is 10.8 Å². The van der Waals surface area contributed by atoms with Crippen molar-refractivity contribution in [1.29, 1.82) is 0 Å². The largest absolute Gasteiger partial charge is 0.322 e. The quantitative estimate of drug-likeness (QED) is 0.560. The summed E-state index contributed by atoms with van der Waals surface area (Å²) in [5, 5.41) is 5.14. The molecule has 0 spiro atoms. The van der Waals surface area contributed by atoms with Crippen molar-refractivity contribution in [1.82, 2.24) is 9.38 Å². The number of thiazole rings is 1. The molecule has 2 aromatic heterocycles. The fourth-order valence-electron chi connectivity index (χ4n) is 1.97. The minimum absolute atomic E-state index is 0.209. The van der Waals surface area contributed by atoms with Gasteiger partial charge in [-0.2, -0.15) is 0 Å². The Labute approximate surface area is 140 Å². The third-order valence-corrected chi connectivity index (χ3v) is 4.74. The molecule has 0 radical (unpaired) electrons. The highest BCUT2D eigenvalue weighted by Gasteiger charge is 2.08. The molecule has 2 heterocycles. The Morgan fingerprint density at radius 3 is 3.18 bits per heavy atom. The Hall–Kier alpha value is -1.76. The van der Waals surface area contributed by atoms with E-state index in [4.69, 9.17) is 11.6 Å². The molecule has 0 saturated heterocycles. The molecule has 0 unspecified atom stereocenters. The highest BCUT2D eigenvalue weighted by Crippen LogP contribution is 2.22. The first-order valence-corrected chi connectivity index (χ1v) is 8.90. The van der Waals surface area contributed by atoms with Crippen molar-refractivity contribution in [3.8, 4) is 0 Å². The smallest absolute Gasteiger partial charge is 0.248 e. The minimum Gasteiger partial charge on any atom is -0.322 e. The molecule has 0 aliphatic carbocycles. The van der Waals surface area contributed by atoms with Crippen LogP contribution >= 0.6 is 34.7 Å². The summed E-state index contributed by atoms with van der Waals surface area (Å²) in [6.45, 7) is 0. The fraction of sp³-hybridized carbons (Fsp3) is 0.0667. The Morgan fingerprint density at radius 2 is 2.36 bits per heavy atom. The third-order valence-electron chi connectivity index (χ3n) is 2.98. The molecule has 0 bridgehead atoms. The number of thioether (sulfide) groups is 1. The van der Waals surface area contributed by atoms with Crippen molar-refractivity contribution in [2.45, 2.75) is 4.90 Å². The number of nitrogens with zero attached hydrogens (tertiary/aromatic N) is 2. The predicted octanol–water partition coefficient (Wildman–Crippen LogP) is 4.42. The van der Waals surface area contributed by atoms with E-state index in [-0.39, 0.29) is 5.91 Å². The van der Waals surface area contributed by atoms with E-state index >= 15 is 0 Å². The molecule has 3 aromatic rings. The summed E-state index contributed by atoms with van der Waals surface area (Å²) < 4.78 is 1.85. The molecule has 1 aromatic carbocycles. The number of hydrogen-bond acceptors (Lipinski definition) is 4. The number of halogens is 1. The number of carbonyl (C=O) groups is 1. The number of fused-ring (bicyclic) bond motifs is 1. The highest BCUT2D eigenvalue weighted by atomic mass is 35.5. The van der Waals surface area contributed by atoms with Crippen LogP contribution in [0.3, 0.4) is 0 Å². The van der Waals surface area contributed by atoms with Gasteiger partial charge in [-0.1, -0.05) is 17.7 Å². The van der Waals surface area contributed by atoms with Crippen LogP contribution < -0.4 is 5.32 Å². The normalized spacial score (nSPS) is 11.4. The van der Waals surface area contributed by atoms with E-state index in [1.54, 1.807) is 17.8 Å². The van der Waals surface area contributed by atoms with Gasteiger partial charge in [0.15, 0.2) is 10.1 Å². The Balaban J connectivity index is 1.76. The van der Waals surface area contributed by atoms with Gasteiger partial charge in [0.05, 0.1) is 5.69 Å². The second-order valence-electron chi connectivity index (χ2n) is 4.40. The van der Waals surface area contributed by atoms with E-state index < -0.39 is 0 Å². The van der Waals surface area contributed by atoms with Crippen molar-refractivity contribution in [2.24, 2.45) is 0 Å². The SMILES string of the molecule is CSc1cccc(NC(=O)/C=C/c2c(Cl)nc3sccn23)c1. The number of nitrogens with one attached hydrogen (secondary N) is 1. The number of carbonyl (C=O) groups excluding carboxylic acids is 1. The number of imidazole rings is 1. The van der Waals surface area contributed by atoms with Crippen molar-refractivity contribution in [2.75, 3.05) is 11.6 Å². The second kappa shape index (κ2) is 6.56. The van der Waals surface area contributed by atoms with Gasteiger partial charge in [-0.25, -0.2) is 4.98 Å². The molecule has 7 heteroatoms. The highest BCUT2D eigenvalue weighted by molar-refractivity contribution is 7.98. The van der Waals surface area contributed by atoms with E-state index in [2.05, 4.69) is 10.3 Å². The maximum Gasteiger partial charge on any atom is 0.248 e. The third kappa shape index (κ3) is 3.19. The maximum atomic E-state index is 12.0. The molecule has 0 fully saturated rings. The number of anilines is 1. The lowest BCUT2D eigenvalue weighted by Crippen LogP contribution is -2.07. The molecule has 0 aliphatic rings. The van der Waals surface area contributed by atoms with E-state index in [1.165, 1.54) is 17.4 Å². The minimum atomic E-state index is -0.209. The molecule has 0 aliphatic heterocycles. The number of hydrogen-bond donors (Lipinski definition) is 1. The number of benzene rings is 1. The number of rotatable bonds is 4. The summed E-state index contributed by atoms with van der Waals surface area (Å²) in [4.78, 5) is 18.1.